The molecule has 76 heavy (non-hydrogen) atoms. The number of rotatable bonds is 17. The number of hydrogen-bond acceptors (Lipinski definition) is 12. The van der Waals surface area contributed by atoms with E-state index in [0.717, 1.165) is 42.7 Å². The third-order valence-electron chi connectivity index (χ3n) is 12.1. The Morgan fingerprint density at radius 1 is 0.961 bits per heavy atom. The number of carboxylic acids is 2. The largest absolute Gasteiger partial charge is 0.479 e. The van der Waals surface area contributed by atoms with Crippen molar-refractivity contribution in [3.63, 3.8) is 0 Å². The molecule has 5 N–H and O–H groups in total. The summed E-state index contributed by atoms with van der Waals surface area (Å²) in [4.78, 5) is 53.9. The van der Waals surface area contributed by atoms with E-state index in [-0.39, 0.29) is 27.9 Å². The number of ether oxygens (including phenoxy) is 1. The minimum absolute atomic E-state index is 0.160. The van der Waals surface area contributed by atoms with Crippen LogP contribution in [0.25, 0.3) is 22.0 Å². The Kier molecular flexibility index (Phi) is 14.8. The van der Waals surface area contributed by atoms with Crippen LogP contribution in [0.5, 0.6) is 0 Å². The molecule has 0 saturated heterocycles. The van der Waals surface area contributed by atoms with Gasteiger partial charge in [0.2, 0.25) is 22.0 Å². The van der Waals surface area contributed by atoms with E-state index in [1.165, 1.54) is 13.8 Å². The van der Waals surface area contributed by atoms with E-state index in [1.54, 1.807) is 4.72 Å². The van der Waals surface area contributed by atoms with Gasteiger partial charge in [-0.05, 0) is 80.0 Å². The van der Waals surface area contributed by atoms with Crippen LogP contribution < -0.4 is 10.0 Å². The summed E-state index contributed by atoms with van der Waals surface area (Å²) in [6.45, 7) is -0.897. The highest BCUT2D eigenvalue weighted by atomic mass is 35.5. The van der Waals surface area contributed by atoms with Crippen LogP contribution in [0, 0.1) is 29.4 Å². The molecule has 0 radical (unpaired) electrons. The van der Waals surface area contributed by atoms with Crippen molar-refractivity contribution in [2.24, 2.45) is 5.92 Å². The fraction of sp³-hybridized carbons (Fsp3) is 0.378. The number of aliphatic carboxylic acids is 2. The molecule has 1 unspecified atom stereocenters. The van der Waals surface area contributed by atoms with Crippen molar-refractivity contribution in [3.8, 4) is 23.0 Å². The number of aromatic nitrogens is 4. The number of fused-ring (bicyclic) bond motifs is 4. The zero-order valence-corrected chi connectivity index (χ0v) is 41.2. The van der Waals surface area contributed by atoms with Crippen LogP contribution in [0.2, 0.25) is 5.02 Å². The minimum atomic E-state index is -5.28. The Morgan fingerprint density at radius 3 is 2.17 bits per heavy atom. The van der Waals surface area contributed by atoms with Crippen LogP contribution in [-0.2, 0) is 75.4 Å². The molecular weight excluding hydrogens is 1110 g/mol. The van der Waals surface area contributed by atoms with Crippen LogP contribution in [0.1, 0.15) is 66.0 Å². The third kappa shape index (κ3) is 11.9. The number of halogens is 11. The molecular formula is C45H37ClF10N6O12S2. The minimum Gasteiger partial charge on any atom is -0.479 e. The molecule has 5 aromatic rings. The molecule has 2 aliphatic rings. The summed E-state index contributed by atoms with van der Waals surface area (Å²) in [6.07, 6.45) is -16.0. The highest BCUT2D eigenvalue weighted by Crippen LogP contribution is 2.69. The lowest BCUT2D eigenvalue weighted by Gasteiger charge is -2.24. The van der Waals surface area contributed by atoms with Gasteiger partial charge in [-0.2, -0.15) is 40.2 Å². The van der Waals surface area contributed by atoms with Crippen molar-refractivity contribution in [1.29, 1.82) is 0 Å². The lowest BCUT2D eigenvalue weighted by atomic mass is 9.93. The van der Waals surface area contributed by atoms with Gasteiger partial charge in [0.15, 0.2) is 27.5 Å². The number of nitrogens with zero attached hydrogens (tertiary/aromatic N) is 4. The number of hydrogen-bond donors (Lipinski definition) is 5. The van der Waals surface area contributed by atoms with Gasteiger partial charge < -0.3 is 29.9 Å². The Morgan fingerprint density at radius 2 is 1.59 bits per heavy atom. The summed E-state index contributed by atoms with van der Waals surface area (Å²) in [5.41, 5.74) is -5.91. The summed E-state index contributed by atoms with van der Waals surface area (Å²) in [5, 5.41) is 32.8. The van der Waals surface area contributed by atoms with Crippen LogP contribution in [-0.4, -0.2) is 110 Å². The first-order chi connectivity index (χ1) is 34.9. The fourth-order valence-corrected chi connectivity index (χ4v) is 9.79. The zero-order chi connectivity index (χ0) is 56.6. The number of alkyl halides is 8. The summed E-state index contributed by atoms with van der Waals surface area (Å²) in [5.74, 6) is -14.5. The first-order valence-corrected chi connectivity index (χ1v) is 25.6. The predicted octanol–water partition coefficient (Wildman–Crippen LogP) is 6.08. The highest BCUT2D eigenvalue weighted by Gasteiger charge is 2.67. The Bertz CT molecular complexity index is 3520. The van der Waals surface area contributed by atoms with E-state index in [0.29, 0.717) is 16.8 Å². The standard InChI is InChI=1S/C45H37ClF10N6O12S2/c1-42(2,75(3,70)71)9-8-22-4-5-23(24-6-7-28(46)33-35(24)62(18-43(49,50)51)59-39(33)60-76(72,73)17-31(64)74-37(41(68)69)36(65)40(66)67)34(57-22)29(12-19-10-20(47)13-21(48)11-19)58-30(63)16-61-15-27(45(54,55)56)32-25-14-26(25)44(52,53)38(32)61/h4-7,10-11,13,15,25-26,29,36-37,65H,12,14,16-18H2,1-3H3,(H,58,63)(H,59,60)(H,66,67)(H,68,69)/t25-,26?,29-,36-,37-/m0/s1. The number of benzene rings is 2. The normalized spacial score (nSPS) is 17.4. The average molecular weight is 1140 g/mol. The second-order valence-electron chi connectivity index (χ2n) is 18.1. The first kappa shape index (κ1) is 56.8. The molecule has 2 aliphatic carbocycles. The highest BCUT2D eigenvalue weighted by molar-refractivity contribution is 7.93. The Balaban J connectivity index is 1.41. The predicted molar refractivity (Wildman–Crippen MR) is 244 cm³/mol. The van der Waals surface area contributed by atoms with Gasteiger partial charge in [-0.3, -0.25) is 19.0 Å². The number of sulfonamides is 1. The lowest BCUT2D eigenvalue weighted by molar-refractivity contribution is -0.177. The maximum Gasteiger partial charge on any atom is 0.418 e. The number of carbonyl (C=O) groups excluding carboxylic acids is 2. The van der Waals surface area contributed by atoms with Crippen molar-refractivity contribution in [2.75, 3.05) is 16.7 Å². The van der Waals surface area contributed by atoms with E-state index < -0.39 is 184 Å². The van der Waals surface area contributed by atoms with Gasteiger partial charge in [-0.25, -0.2) is 40.2 Å². The van der Waals surface area contributed by atoms with Gasteiger partial charge >= 0.3 is 30.3 Å². The summed E-state index contributed by atoms with van der Waals surface area (Å²) in [6, 6.07) is 4.34. The van der Waals surface area contributed by atoms with E-state index in [2.05, 4.69) is 32.0 Å². The first-order valence-electron chi connectivity index (χ1n) is 21.7. The number of anilines is 1. The van der Waals surface area contributed by atoms with Gasteiger partial charge in [0.1, 0.15) is 35.2 Å². The number of amides is 1. The van der Waals surface area contributed by atoms with Gasteiger partial charge in [-0.15, -0.1) is 0 Å². The summed E-state index contributed by atoms with van der Waals surface area (Å²) in [7, 11) is -9.22. The second-order valence-corrected chi connectivity index (χ2v) is 22.8. The SMILES string of the molecule is CC(C)(C#Cc1ccc(-c2ccc(Cl)c3c(NS(=O)(=O)CC(=O)O[C@H](C(=O)O)[C@H](O)C(=O)O)nn(CC(F)(F)F)c23)c([C@H](Cc2cc(F)cc(F)c2)NC(=O)Cn2cc(C(F)(F)F)c3c2C(F)(F)C2C[C@H]32)n1)S(C)(=O)=O. The van der Waals surface area contributed by atoms with E-state index in [4.69, 9.17) is 16.7 Å². The molecule has 0 spiro atoms. The van der Waals surface area contributed by atoms with Crippen LogP contribution in [0.4, 0.5) is 49.7 Å². The number of nitrogens with one attached hydrogen (secondary N) is 2. The molecule has 31 heteroatoms. The number of carboxylic acid groups (broad SMARTS) is 2. The van der Waals surface area contributed by atoms with Crippen molar-refractivity contribution >= 4 is 72.0 Å². The number of pyridine rings is 1. The third-order valence-corrected chi connectivity index (χ3v) is 15.5. The van der Waals surface area contributed by atoms with Gasteiger partial charge in [0, 0.05) is 35.6 Å². The molecule has 5 atom stereocenters. The molecule has 1 amide bonds. The number of carbonyl (C=O) groups is 4. The summed E-state index contributed by atoms with van der Waals surface area (Å²) < 4.78 is 204. The van der Waals surface area contributed by atoms with Crippen molar-refractivity contribution in [1.82, 2.24) is 24.6 Å². The van der Waals surface area contributed by atoms with E-state index in [1.807, 2.05) is 0 Å². The number of esters is 1. The molecule has 7 rings (SSSR count). The molecule has 18 nitrogen and oxygen atoms in total. The monoisotopic (exact) mass is 1140 g/mol. The van der Waals surface area contributed by atoms with Crippen LogP contribution in [0.15, 0.2) is 48.7 Å². The fourth-order valence-electron chi connectivity index (χ4n) is 8.43. The average Bonchev–Trinajstić information content (AvgIpc) is 3.79. The molecule has 2 aromatic carbocycles. The van der Waals surface area contributed by atoms with Gasteiger partial charge in [0.25, 0.3) is 5.92 Å². The molecule has 408 valence electrons. The smallest absolute Gasteiger partial charge is 0.418 e. The van der Waals surface area contributed by atoms with Crippen LogP contribution in [0.3, 0.4) is 0 Å². The number of aliphatic hydroxyl groups is 1. The van der Waals surface area contributed by atoms with Gasteiger partial charge in [-0.1, -0.05) is 23.6 Å². The van der Waals surface area contributed by atoms with Crippen LogP contribution >= 0.6 is 11.6 Å². The molecule has 1 fully saturated rings. The molecule has 3 heterocycles. The quantitative estimate of drug-likeness (QED) is 0.0402. The summed E-state index contributed by atoms with van der Waals surface area (Å²) >= 11 is 6.50. The zero-order valence-electron chi connectivity index (χ0n) is 38.8. The topological polar surface area (TPSA) is 266 Å². The second kappa shape index (κ2) is 19.9. The Labute approximate surface area is 426 Å². The molecule has 0 aliphatic heterocycles. The maximum absolute atomic E-state index is 15.6. The maximum atomic E-state index is 15.6. The van der Waals surface area contributed by atoms with Crippen molar-refractivity contribution < 1.29 is 100.0 Å². The number of sulfone groups is 1. The molecule has 3 aromatic heterocycles. The van der Waals surface area contributed by atoms with Crippen molar-refractivity contribution in [2.45, 2.75) is 87.0 Å². The van der Waals surface area contributed by atoms with E-state index in [9.17, 15) is 81.4 Å². The molecule has 0 bridgehead atoms. The van der Waals surface area contributed by atoms with E-state index >= 15 is 8.78 Å². The van der Waals surface area contributed by atoms with Crippen molar-refractivity contribution in [3.05, 3.63) is 99.1 Å². The van der Waals surface area contributed by atoms with Gasteiger partial charge in [0.05, 0.1) is 38.9 Å². The number of aliphatic hydroxyl groups excluding tert-OH is 1. The molecule has 1 saturated carbocycles. The lowest BCUT2D eigenvalue weighted by Crippen LogP contribution is -2.44. The Hall–Kier alpha value is -6.97.